The van der Waals surface area contributed by atoms with Gasteiger partial charge in [0.25, 0.3) is 0 Å². The Labute approximate surface area is 117 Å². The maximum atomic E-state index is 9.84. The van der Waals surface area contributed by atoms with Gasteiger partial charge in [0, 0.05) is 17.8 Å². The van der Waals surface area contributed by atoms with E-state index in [0.717, 1.165) is 31.4 Å². The summed E-state index contributed by atoms with van der Waals surface area (Å²) < 4.78 is 0. The molecule has 6 heteroatoms. The van der Waals surface area contributed by atoms with Gasteiger partial charge in [0.15, 0.2) is 0 Å². The van der Waals surface area contributed by atoms with E-state index < -0.39 is 0 Å². The molecule has 0 saturated carbocycles. The smallest absolute Gasteiger partial charge is 0.226 e. The van der Waals surface area contributed by atoms with Gasteiger partial charge in [-0.25, -0.2) is 9.97 Å². The van der Waals surface area contributed by atoms with Gasteiger partial charge in [-0.05, 0) is 38.7 Å². The molecule has 2 unspecified atom stereocenters. The number of aliphatic hydroxyl groups is 1. The number of aromatic nitrogens is 2. The minimum absolute atomic E-state index is 0.186. The Hall–Kier alpha value is -1.27. The van der Waals surface area contributed by atoms with Crippen LogP contribution in [0.4, 0.5) is 5.95 Å². The second-order valence-corrected chi connectivity index (χ2v) is 5.92. The van der Waals surface area contributed by atoms with E-state index in [1.54, 1.807) is 0 Å². The predicted molar refractivity (Wildman–Crippen MR) is 77.2 cm³/mol. The Morgan fingerprint density at radius 2 is 2.00 bits per heavy atom. The third-order valence-corrected chi connectivity index (χ3v) is 4.24. The molecule has 0 amide bonds. The summed E-state index contributed by atoms with van der Waals surface area (Å²) in [5, 5.41) is 9.84. The average Bonchev–Trinajstić information content (AvgIpc) is 2.61. The summed E-state index contributed by atoms with van der Waals surface area (Å²) in [6.45, 7) is 1.92. The van der Waals surface area contributed by atoms with Crippen LogP contribution in [0.2, 0.25) is 0 Å². The number of nitrogens with zero attached hydrogens (tertiary/aromatic N) is 3. The van der Waals surface area contributed by atoms with Crippen LogP contribution >= 0.6 is 12.2 Å². The molecule has 0 aliphatic carbocycles. The number of nitrogens with two attached hydrogens (primary N) is 1. The van der Waals surface area contributed by atoms with Crippen LogP contribution in [0.3, 0.4) is 0 Å². The van der Waals surface area contributed by atoms with Crippen molar-refractivity contribution in [3.63, 3.8) is 0 Å². The van der Waals surface area contributed by atoms with Crippen molar-refractivity contribution >= 4 is 23.2 Å². The third-order valence-electron chi connectivity index (χ3n) is 4.03. The molecule has 1 aromatic heterocycles. The minimum Gasteiger partial charge on any atom is -0.393 e. The van der Waals surface area contributed by atoms with Crippen molar-refractivity contribution in [1.29, 1.82) is 0 Å². The molecular weight excluding hydrogens is 260 g/mol. The Morgan fingerprint density at radius 3 is 2.58 bits per heavy atom. The molecule has 102 valence electrons. The van der Waals surface area contributed by atoms with Crippen molar-refractivity contribution in [3.05, 3.63) is 17.5 Å². The van der Waals surface area contributed by atoms with Gasteiger partial charge >= 0.3 is 0 Å². The molecule has 3 N–H and O–H groups in total. The second-order valence-electron chi connectivity index (χ2n) is 5.48. The van der Waals surface area contributed by atoms with Crippen molar-refractivity contribution in [2.75, 3.05) is 4.90 Å². The topological polar surface area (TPSA) is 75.3 Å². The van der Waals surface area contributed by atoms with E-state index in [-0.39, 0.29) is 6.10 Å². The van der Waals surface area contributed by atoms with E-state index in [0.29, 0.717) is 28.7 Å². The predicted octanol–water partition coefficient (Wildman–Crippen LogP) is 0.911. The molecule has 2 saturated heterocycles. The lowest BCUT2D eigenvalue weighted by Crippen LogP contribution is -2.45. The average molecular weight is 278 g/mol. The maximum absolute atomic E-state index is 9.84. The SMILES string of the molecule is Cc1cc(C(N)=S)nc(N2C3CCC2CC(O)C3)n1. The van der Waals surface area contributed by atoms with Crippen LogP contribution in [0.15, 0.2) is 6.07 Å². The number of anilines is 1. The van der Waals surface area contributed by atoms with Crippen molar-refractivity contribution in [2.24, 2.45) is 5.73 Å². The van der Waals surface area contributed by atoms with Crippen LogP contribution in [0, 0.1) is 6.92 Å². The lowest BCUT2D eigenvalue weighted by atomic mass is 10.0. The quantitative estimate of drug-likeness (QED) is 0.783. The number of hydrogen-bond acceptors (Lipinski definition) is 5. The molecule has 3 rings (SSSR count). The molecular formula is C13H18N4OS. The van der Waals surface area contributed by atoms with E-state index in [4.69, 9.17) is 18.0 Å². The molecule has 19 heavy (non-hydrogen) atoms. The van der Waals surface area contributed by atoms with Crippen LogP contribution in [-0.4, -0.2) is 38.3 Å². The lowest BCUT2D eigenvalue weighted by Gasteiger charge is -2.37. The summed E-state index contributed by atoms with van der Waals surface area (Å²) in [5.74, 6) is 0.710. The lowest BCUT2D eigenvalue weighted by molar-refractivity contribution is 0.125. The first-order chi connectivity index (χ1) is 9.04. The summed E-state index contributed by atoms with van der Waals surface area (Å²) >= 11 is 5.00. The van der Waals surface area contributed by atoms with Crippen LogP contribution in [-0.2, 0) is 0 Å². The molecule has 0 radical (unpaired) electrons. The van der Waals surface area contributed by atoms with Crippen LogP contribution < -0.4 is 10.6 Å². The van der Waals surface area contributed by atoms with Gasteiger partial charge in [0.2, 0.25) is 5.95 Å². The van der Waals surface area contributed by atoms with E-state index in [1.165, 1.54) is 0 Å². The van der Waals surface area contributed by atoms with Crippen molar-refractivity contribution in [2.45, 2.75) is 50.8 Å². The van der Waals surface area contributed by atoms with Crippen LogP contribution in [0.5, 0.6) is 0 Å². The van der Waals surface area contributed by atoms with Gasteiger partial charge in [0.1, 0.15) is 10.7 Å². The molecule has 2 aliphatic rings. The van der Waals surface area contributed by atoms with E-state index in [2.05, 4.69) is 14.9 Å². The highest BCUT2D eigenvalue weighted by Gasteiger charge is 2.41. The van der Waals surface area contributed by atoms with Crippen molar-refractivity contribution < 1.29 is 5.11 Å². The normalized spacial score (nSPS) is 29.6. The van der Waals surface area contributed by atoms with Gasteiger partial charge in [-0.15, -0.1) is 0 Å². The molecule has 3 heterocycles. The molecule has 5 nitrogen and oxygen atoms in total. The summed E-state index contributed by atoms with van der Waals surface area (Å²) in [7, 11) is 0. The molecule has 2 fully saturated rings. The second kappa shape index (κ2) is 4.68. The highest BCUT2D eigenvalue weighted by molar-refractivity contribution is 7.80. The zero-order chi connectivity index (χ0) is 13.6. The largest absolute Gasteiger partial charge is 0.393 e. The van der Waals surface area contributed by atoms with Crippen molar-refractivity contribution in [1.82, 2.24) is 9.97 Å². The number of hydrogen-bond donors (Lipinski definition) is 2. The Morgan fingerprint density at radius 1 is 1.37 bits per heavy atom. The summed E-state index contributed by atoms with van der Waals surface area (Å²) in [6.07, 6.45) is 3.61. The monoisotopic (exact) mass is 278 g/mol. The third kappa shape index (κ3) is 2.30. The van der Waals surface area contributed by atoms with Crippen molar-refractivity contribution in [3.8, 4) is 0 Å². The maximum Gasteiger partial charge on any atom is 0.226 e. The van der Waals surface area contributed by atoms with E-state index >= 15 is 0 Å². The van der Waals surface area contributed by atoms with Crippen LogP contribution in [0.1, 0.15) is 37.1 Å². The Bertz CT molecular complexity index is 507. The Balaban J connectivity index is 1.96. The zero-order valence-corrected chi connectivity index (χ0v) is 11.7. The fourth-order valence-corrected chi connectivity index (χ4v) is 3.37. The van der Waals surface area contributed by atoms with E-state index in [9.17, 15) is 5.11 Å². The number of aryl methyl sites for hydroxylation is 1. The van der Waals surface area contributed by atoms with Gasteiger partial charge < -0.3 is 15.7 Å². The summed E-state index contributed by atoms with van der Waals surface area (Å²) in [6, 6.07) is 2.50. The number of thiocarbonyl (C=S) groups is 1. The molecule has 0 spiro atoms. The van der Waals surface area contributed by atoms with Gasteiger partial charge in [-0.1, -0.05) is 12.2 Å². The Kier molecular flexibility index (Phi) is 3.14. The fourth-order valence-electron chi connectivity index (χ4n) is 3.27. The van der Waals surface area contributed by atoms with Gasteiger partial charge in [0.05, 0.1) is 6.10 Å². The molecule has 2 bridgehead atoms. The molecule has 2 aliphatic heterocycles. The zero-order valence-electron chi connectivity index (χ0n) is 10.9. The number of aliphatic hydroxyl groups excluding tert-OH is 1. The summed E-state index contributed by atoms with van der Waals surface area (Å²) in [5.41, 5.74) is 7.17. The number of piperidine rings is 1. The first-order valence-corrected chi connectivity index (χ1v) is 7.07. The summed E-state index contributed by atoms with van der Waals surface area (Å²) in [4.78, 5) is 11.6. The van der Waals surface area contributed by atoms with Gasteiger partial charge in [-0.2, -0.15) is 0 Å². The highest BCUT2D eigenvalue weighted by Crippen LogP contribution is 2.37. The highest BCUT2D eigenvalue weighted by atomic mass is 32.1. The number of fused-ring (bicyclic) bond motifs is 2. The first-order valence-electron chi connectivity index (χ1n) is 6.66. The van der Waals surface area contributed by atoms with Gasteiger partial charge in [-0.3, -0.25) is 0 Å². The standard InChI is InChI=1S/C13H18N4OS/c1-7-4-11(12(14)19)16-13(15-7)17-8-2-3-9(17)6-10(18)5-8/h4,8-10,18H,2-3,5-6H2,1H3,(H2,14,19). The molecule has 2 atom stereocenters. The minimum atomic E-state index is -0.186. The fraction of sp³-hybridized carbons (Fsp3) is 0.615. The van der Waals surface area contributed by atoms with E-state index in [1.807, 2.05) is 13.0 Å². The molecule has 0 aromatic carbocycles. The first kappa shape index (κ1) is 12.7. The van der Waals surface area contributed by atoms with Crippen LogP contribution in [0.25, 0.3) is 0 Å². The molecule has 1 aromatic rings. The number of rotatable bonds is 2.